The third-order valence-electron chi connectivity index (χ3n) is 25.1. The summed E-state index contributed by atoms with van der Waals surface area (Å²) >= 11 is 0. The molecular formula is C105H124N26O12S2. The average Bonchev–Trinajstić information content (AvgIpc) is 1.74. The lowest BCUT2D eigenvalue weighted by atomic mass is 10.1. The third-order valence-corrected chi connectivity index (χ3v) is 27.4. The van der Waals surface area contributed by atoms with E-state index in [1.54, 1.807) is 124 Å². The second kappa shape index (κ2) is 47.4. The molecule has 40 heteroatoms. The molecule has 0 bridgehead atoms. The number of likely N-dealkylation sites (tertiary alicyclic amines) is 2. The number of sulfonamides is 1. The van der Waals surface area contributed by atoms with Gasteiger partial charge in [0.05, 0.1) is 179 Å². The second-order valence-electron chi connectivity index (χ2n) is 35.8. The molecule has 8 aromatic carbocycles. The number of hydrogen-bond acceptors (Lipinski definition) is 30. The predicted octanol–water partition coefficient (Wildman–Crippen LogP) is 14.9. The van der Waals surface area contributed by atoms with Gasteiger partial charge in [-0.1, -0.05) is 0 Å². The largest absolute Gasteiger partial charge is 0.497 e. The van der Waals surface area contributed by atoms with E-state index in [-0.39, 0.29) is 19.0 Å². The number of nitrogens with zero attached hydrogens (tertiary/aromatic N) is 23. The molecule has 16 aromatic rings. The van der Waals surface area contributed by atoms with E-state index >= 15 is 0 Å². The number of benzene rings is 8. The van der Waals surface area contributed by atoms with Gasteiger partial charge >= 0.3 is 0 Å². The Balaban J connectivity index is 0.000000139. The normalized spacial score (nSPS) is 13.1. The Morgan fingerprint density at radius 2 is 0.738 bits per heavy atom. The number of hydrogen-bond donors (Lipinski definition) is 3. The van der Waals surface area contributed by atoms with Crippen LogP contribution in [0.15, 0.2) is 220 Å². The second-order valence-corrected chi connectivity index (χ2v) is 39.6. The van der Waals surface area contributed by atoms with E-state index in [1.807, 2.05) is 166 Å². The standard InChI is InChI=1S/C31H37N7O2.C27H33N7O4S.C24H28N6O2.C23H26N6O4S/c1-35-22-24(20-33-35)30-21-32-28-9-8-25(19-29(28)34-30)38(15-7-12-36-10-3-4-11-36)26-16-23(17-27(18-26)40-2)31(39)37-13-5-6-14-37;1-32(2)39(35,36)30-9-10-33-18-20(15-29-33)27-16-28-25-8-7-21(13-26(25)31-27)34(17-19-5-6-19)22-11-23(37-3)14-24(12-22)38-4;1-25-8-5-9-30(19-10-20(31-3)13-21(11-19)32-4)18-6-7-22-23(12-18)28-24(15-26-22)17-14-27-29(2)16-17;1-28-15-16(13-25-28)23-14-24-21-6-5-17(11-22(21)27-23)29(8-7-26-34(4,30)31)18-9-19(32-2)12-20(10-18)33-3/h8-9,16-22H,3-7,10-15H2,1-2H3;7-8,11-16,18-19,30H,5-6,9-10,17H2,1-4H3;6-7,10-16,25H,5,8-9H2,1-4H3;5-6,9-15,26H,7-8H2,1-4H3. The highest BCUT2D eigenvalue weighted by Crippen LogP contribution is 2.42. The predicted molar refractivity (Wildman–Crippen MR) is 566 cm³/mol. The molecule has 10 heterocycles. The number of methoxy groups -OCH3 is 7. The first-order valence-electron chi connectivity index (χ1n) is 48.0. The lowest BCUT2D eigenvalue weighted by Crippen LogP contribution is -2.37. The molecule has 0 spiro atoms. The number of nitrogens with one attached hydrogen (secondary N) is 3. The highest BCUT2D eigenvalue weighted by molar-refractivity contribution is 7.88. The Bertz CT molecular complexity index is 7350. The van der Waals surface area contributed by atoms with E-state index in [2.05, 4.69) is 111 Å². The van der Waals surface area contributed by atoms with Crippen LogP contribution in [0.5, 0.6) is 40.2 Å². The quantitative estimate of drug-likeness (QED) is 0.0301. The smallest absolute Gasteiger partial charge is 0.278 e. The van der Waals surface area contributed by atoms with Crippen LogP contribution in [0.2, 0.25) is 0 Å². The summed E-state index contributed by atoms with van der Waals surface area (Å²) in [6.45, 7) is 9.64. The Hall–Kier alpha value is -15.1. The van der Waals surface area contributed by atoms with Gasteiger partial charge in [0.1, 0.15) is 40.2 Å². The molecule has 2 aliphatic heterocycles. The molecule has 3 fully saturated rings. The van der Waals surface area contributed by atoms with Crippen LogP contribution in [0.3, 0.4) is 0 Å². The van der Waals surface area contributed by atoms with Gasteiger partial charge < -0.3 is 67.9 Å². The molecule has 2 saturated heterocycles. The lowest BCUT2D eigenvalue weighted by molar-refractivity contribution is 0.0792. The van der Waals surface area contributed by atoms with Crippen molar-refractivity contribution in [1.82, 2.24) is 108 Å². The van der Waals surface area contributed by atoms with Crippen LogP contribution < -0.4 is 67.5 Å². The van der Waals surface area contributed by atoms with Crippen molar-refractivity contribution in [3.05, 3.63) is 226 Å². The number of aryl methyl sites for hydroxylation is 3. The van der Waals surface area contributed by atoms with E-state index in [0.717, 1.165) is 223 Å². The van der Waals surface area contributed by atoms with Gasteiger partial charge in [0.25, 0.3) is 16.1 Å². The van der Waals surface area contributed by atoms with Gasteiger partial charge in [-0.25, -0.2) is 37.8 Å². The fraction of sp³-hybridized carbons (Fsp3) is 0.343. The first-order chi connectivity index (χ1) is 70.2. The molecule has 0 unspecified atom stereocenters. The van der Waals surface area contributed by atoms with E-state index < -0.39 is 20.2 Å². The zero-order chi connectivity index (χ0) is 102. The van der Waals surface area contributed by atoms with E-state index in [4.69, 9.17) is 53.1 Å². The maximum absolute atomic E-state index is 13.4. The summed E-state index contributed by atoms with van der Waals surface area (Å²) in [6, 6.07) is 47.4. The number of rotatable bonds is 39. The fourth-order valence-electron chi connectivity index (χ4n) is 17.2. The minimum atomic E-state index is -3.48. The van der Waals surface area contributed by atoms with Gasteiger partial charge in [-0.2, -0.15) is 33.1 Å². The molecule has 0 atom stereocenters. The maximum atomic E-state index is 13.4. The number of anilines is 8. The molecule has 1 aliphatic carbocycles. The number of carbonyl (C=O) groups is 1. The monoisotopic (exact) mass is 2000 g/mol. The molecule has 1 amide bonds. The van der Waals surface area contributed by atoms with Gasteiger partial charge in [-0.05, 0) is 175 Å². The number of ether oxygens (including phenoxy) is 7. The van der Waals surface area contributed by atoms with Gasteiger partial charge in [-0.3, -0.25) is 43.5 Å². The average molecular weight is 2010 g/mol. The summed E-state index contributed by atoms with van der Waals surface area (Å²) in [5.41, 5.74) is 21.1. The zero-order valence-electron chi connectivity index (χ0n) is 84.2. The highest BCUT2D eigenvalue weighted by atomic mass is 32.2. The molecule has 1 saturated carbocycles. The number of aromatic nitrogens is 16. The van der Waals surface area contributed by atoms with Crippen LogP contribution in [-0.2, 0) is 47.9 Å². The molecule has 3 aliphatic rings. The van der Waals surface area contributed by atoms with Crippen LogP contribution in [0, 0.1) is 5.92 Å². The van der Waals surface area contributed by atoms with Crippen molar-refractivity contribution in [3.8, 4) is 85.3 Å². The van der Waals surface area contributed by atoms with Crippen molar-refractivity contribution in [2.45, 2.75) is 57.9 Å². The van der Waals surface area contributed by atoms with Crippen LogP contribution in [0.25, 0.3) is 89.2 Å². The van der Waals surface area contributed by atoms with Gasteiger partial charge in [0, 0.05) is 246 Å². The summed E-state index contributed by atoms with van der Waals surface area (Å²) < 4.78 is 98.8. The summed E-state index contributed by atoms with van der Waals surface area (Å²) in [4.78, 5) is 64.6. The molecule has 19 rings (SSSR count). The number of amides is 1. The summed E-state index contributed by atoms with van der Waals surface area (Å²) in [5.74, 6) is 5.60. The SMILES string of the molecule is CNCCCN(c1cc(OC)cc(OC)c1)c1ccc2ncc(-c3cnn(C)c3)nc2c1.COc1cc(C(=O)N2CCCC2)cc(N(CCCN2CCCC2)c2ccc3ncc(-c4cnn(C)c4)nc3c2)c1.COc1cc(OC)cc(N(CC2CC2)c2ccc3ncc(-c4cnn(CCNS(=O)(=O)N(C)C)c4)nc3c2)c1.COc1cc(OC)cc(N(CCNS(C)(=O)=O)c2ccc3ncc(-c4cnn(C)c4)nc3c2)c1. The van der Waals surface area contributed by atoms with Gasteiger partial charge in [-0.15, -0.1) is 0 Å². The van der Waals surface area contributed by atoms with Crippen molar-refractivity contribution in [1.29, 1.82) is 0 Å². The molecule has 3 N–H and O–H groups in total. The number of carbonyl (C=O) groups excluding carboxylic acids is 1. The molecule has 0 radical (unpaired) electrons. The summed E-state index contributed by atoms with van der Waals surface area (Å²) in [6.07, 6.45) is 31.9. The van der Waals surface area contributed by atoms with E-state index in [1.165, 1.54) is 52.9 Å². The zero-order valence-corrected chi connectivity index (χ0v) is 85.8. The molecule has 38 nitrogen and oxygen atoms in total. The topological polar surface area (TPSA) is 383 Å². The molecular weight excluding hydrogens is 1880 g/mol. The van der Waals surface area contributed by atoms with Crippen molar-refractivity contribution >= 4 is 116 Å². The first-order valence-corrected chi connectivity index (χ1v) is 51.4. The third kappa shape index (κ3) is 26.7. The number of fused-ring (bicyclic) bond motifs is 4. The molecule has 758 valence electrons. The van der Waals surface area contributed by atoms with Crippen LogP contribution in [0.1, 0.15) is 61.7 Å². The minimum absolute atomic E-state index is 0.0696. The lowest BCUT2D eigenvalue weighted by Gasteiger charge is -2.28. The van der Waals surface area contributed by atoms with Crippen LogP contribution in [0.4, 0.5) is 45.5 Å². The summed E-state index contributed by atoms with van der Waals surface area (Å²) in [7, 11) is 15.2. The van der Waals surface area contributed by atoms with Gasteiger partial charge in [0.2, 0.25) is 10.0 Å². The Kier molecular flexibility index (Phi) is 33.6. The Morgan fingerprint density at radius 1 is 0.379 bits per heavy atom. The Morgan fingerprint density at radius 3 is 1.11 bits per heavy atom. The van der Waals surface area contributed by atoms with E-state index in [9.17, 15) is 21.6 Å². The van der Waals surface area contributed by atoms with Crippen LogP contribution in [-0.4, -0.2) is 272 Å². The minimum Gasteiger partial charge on any atom is -0.497 e. The Labute approximate surface area is 844 Å². The van der Waals surface area contributed by atoms with Crippen molar-refractivity contribution in [3.63, 3.8) is 0 Å². The first kappa shape index (κ1) is 103. The van der Waals surface area contributed by atoms with Crippen molar-refractivity contribution < 1.29 is 54.8 Å². The van der Waals surface area contributed by atoms with E-state index in [0.29, 0.717) is 58.7 Å². The molecule has 8 aromatic heterocycles. The molecule has 145 heavy (non-hydrogen) atoms. The van der Waals surface area contributed by atoms with Gasteiger partial charge in [0.15, 0.2) is 0 Å². The van der Waals surface area contributed by atoms with Crippen LogP contribution >= 0.6 is 0 Å². The van der Waals surface area contributed by atoms with Crippen molar-refractivity contribution in [2.24, 2.45) is 27.1 Å². The highest BCUT2D eigenvalue weighted by Gasteiger charge is 2.29. The summed E-state index contributed by atoms with van der Waals surface area (Å²) in [5, 5.41) is 20.3. The van der Waals surface area contributed by atoms with Crippen molar-refractivity contribution in [2.75, 3.05) is 175 Å². The fourth-order valence-corrected chi connectivity index (χ4v) is 18.3. The maximum Gasteiger partial charge on any atom is 0.278 e.